The molecule has 0 aliphatic rings. The normalized spacial score (nSPS) is 15.0. The first-order chi connectivity index (χ1) is 14.9. The van der Waals surface area contributed by atoms with E-state index in [4.69, 9.17) is 25.3 Å². The lowest BCUT2D eigenvalue weighted by molar-refractivity contribution is 0.170. The highest BCUT2D eigenvalue weighted by Gasteiger charge is 2.54. The fourth-order valence-corrected chi connectivity index (χ4v) is 29.3. The zero-order chi connectivity index (χ0) is 27.2. The van der Waals surface area contributed by atoms with Crippen molar-refractivity contribution in [2.75, 3.05) is 12.5 Å². The van der Waals surface area contributed by atoms with Gasteiger partial charge in [0.1, 0.15) is 0 Å². The lowest BCUT2D eigenvalue weighted by atomic mass is 11.0. The molecule has 0 fully saturated rings. The van der Waals surface area contributed by atoms with Crippen LogP contribution in [0.5, 0.6) is 0 Å². The minimum Gasteiger partial charge on any atom is -0.416 e. The van der Waals surface area contributed by atoms with Gasteiger partial charge in [0.05, 0.1) is 17.6 Å². The summed E-state index contributed by atoms with van der Waals surface area (Å²) in [5.74, 6) is 0. The van der Waals surface area contributed by atoms with Crippen LogP contribution in [0.1, 0.15) is 0 Å². The highest BCUT2D eigenvalue weighted by atomic mass is 28.5. The Morgan fingerprint density at radius 3 is 0.765 bits per heavy atom. The van der Waals surface area contributed by atoms with Crippen LogP contribution in [0.2, 0.25) is 117 Å². The predicted octanol–water partition coefficient (Wildman–Crippen LogP) is 6.36. The fraction of sp³-hybridized carbons (Fsp3) is 1.00. The summed E-state index contributed by atoms with van der Waals surface area (Å²) in [5.41, 5.74) is 0. The topological polar surface area (TPSA) is 55.4 Å². The molecule has 206 valence electrons. The SMILES string of the molecule is C[SiH](C)CO[Si](CC[Si](OC[SiH](C)C)(O[Si](C)(C)C)O[Si](C)(C)C)(O[Si](C)(C)C)O[Si](C)(C)C. The molecule has 0 amide bonds. The van der Waals surface area contributed by atoms with Crippen molar-refractivity contribution in [2.24, 2.45) is 0 Å². The molecular weight excluding hydrogens is 561 g/mol. The Labute approximate surface area is 222 Å². The van der Waals surface area contributed by atoms with Crippen LogP contribution in [0.3, 0.4) is 0 Å². The Hall–Kier alpha value is 1.50. The van der Waals surface area contributed by atoms with Gasteiger partial charge in [-0.15, -0.1) is 0 Å². The molecule has 0 rings (SSSR count). The summed E-state index contributed by atoms with van der Waals surface area (Å²) < 4.78 is 41.1. The third kappa shape index (κ3) is 17.9. The molecule has 34 heavy (non-hydrogen) atoms. The summed E-state index contributed by atoms with van der Waals surface area (Å²) in [6, 6.07) is 1.42. The van der Waals surface area contributed by atoms with E-state index in [1.54, 1.807) is 0 Å². The maximum atomic E-state index is 6.91. The minimum absolute atomic E-state index is 0.712. The third-order valence-electron chi connectivity index (χ3n) is 3.86. The van der Waals surface area contributed by atoms with Gasteiger partial charge in [0.15, 0.2) is 33.3 Å². The summed E-state index contributed by atoms with van der Waals surface area (Å²) in [7, 11) is -15.5. The van der Waals surface area contributed by atoms with Crippen LogP contribution in [0.4, 0.5) is 0 Å². The van der Waals surface area contributed by atoms with Gasteiger partial charge in [-0.3, -0.25) is 0 Å². The quantitative estimate of drug-likeness (QED) is 0.177. The van der Waals surface area contributed by atoms with Gasteiger partial charge in [0, 0.05) is 24.5 Å². The first-order valence-corrected chi connectivity index (χ1v) is 36.7. The largest absolute Gasteiger partial charge is 0.479 e. The van der Waals surface area contributed by atoms with Crippen LogP contribution in [-0.2, 0) is 25.3 Å². The van der Waals surface area contributed by atoms with Gasteiger partial charge in [0.25, 0.3) is 0 Å². The van der Waals surface area contributed by atoms with Crippen LogP contribution in [0.25, 0.3) is 0 Å². The monoisotopic (exact) mass is 618 g/mol. The number of rotatable bonds is 17. The van der Waals surface area contributed by atoms with E-state index in [0.717, 1.165) is 12.5 Å². The molecule has 0 aromatic heterocycles. The first-order valence-electron chi connectivity index (χ1n) is 13.0. The summed E-state index contributed by atoms with van der Waals surface area (Å²) in [6.07, 6.45) is 1.55. The molecule has 0 aliphatic carbocycles. The van der Waals surface area contributed by atoms with E-state index in [1.165, 1.54) is 0 Å². The minimum atomic E-state index is -2.95. The van der Waals surface area contributed by atoms with Gasteiger partial charge in [-0.1, -0.05) is 26.2 Å². The van der Waals surface area contributed by atoms with Crippen LogP contribution >= 0.6 is 0 Å². The molecule has 0 heterocycles. The van der Waals surface area contributed by atoms with E-state index in [-0.39, 0.29) is 0 Å². The summed E-state index contributed by atoms with van der Waals surface area (Å²) in [6.45, 7) is 36.1. The molecular formula is C20H58O6Si8. The highest BCUT2D eigenvalue weighted by Crippen LogP contribution is 2.34. The van der Waals surface area contributed by atoms with Crippen molar-refractivity contribution in [3.8, 4) is 0 Å². The van der Waals surface area contributed by atoms with Crippen molar-refractivity contribution in [1.29, 1.82) is 0 Å². The van der Waals surface area contributed by atoms with Gasteiger partial charge >= 0.3 is 17.6 Å². The van der Waals surface area contributed by atoms with E-state index >= 15 is 0 Å². The average molecular weight is 619 g/mol. The fourth-order valence-electron chi connectivity index (χ4n) is 3.27. The second kappa shape index (κ2) is 13.5. The molecule has 0 saturated carbocycles. The molecule has 0 saturated heterocycles. The van der Waals surface area contributed by atoms with Crippen molar-refractivity contribution in [1.82, 2.24) is 0 Å². The van der Waals surface area contributed by atoms with Crippen LogP contribution < -0.4 is 0 Å². The highest BCUT2D eigenvalue weighted by molar-refractivity contribution is 6.88. The molecule has 0 aliphatic heterocycles. The Bertz CT molecular complexity index is 510. The molecule has 14 heteroatoms. The van der Waals surface area contributed by atoms with Gasteiger partial charge < -0.3 is 25.3 Å². The Morgan fingerprint density at radius 2 is 0.618 bits per heavy atom. The molecule has 0 bridgehead atoms. The van der Waals surface area contributed by atoms with Crippen LogP contribution in [0, 0.1) is 0 Å². The lowest BCUT2D eigenvalue weighted by Crippen LogP contribution is -2.61. The summed E-state index contributed by atoms with van der Waals surface area (Å²) >= 11 is 0. The second-order valence-corrected chi connectivity index (χ2v) is 44.8. The molecule has 0 N–H and O–H groups in total. The molecule has 0 aromatic rings. The van der Waals surface area contributed by atoms with Gasteiger partial charge in [-0.25, -0.2) is 0 Å². The molecule has 0 aromatic carbocycles. The molecule has 0 unspecified atom stereocenters. The third-order valence-corrected chi connectivity index (χ3v) is 24.4. The second-order valence-electron chi connectivity index (χ2n) is 14.1. The first kappa shape index (κ1) is 35.5. The van der Waals surface area contributed by atoms with Crippen molar-refractivity contribution in [3.05, 3.63) is 0 Å². The van der Waals surface area contributed by atoms with Crippen molar-refractivity contribution < 1.29 is 25.3 Å². The number of hydrogen-bond acceptors (Lipinski definition) is 6. The van der Waals surface area contributed by atoms with Crippen LogP contribution in [0.15, 0.2) is 0 Å². The molecule has 0 atom stereocenters. The Balaban J connectivity index is 6.43. The maximum Gasteiger partial charge on any atom is 0.479 e. The van der Waals surface area contributed by atoms with Crippen LogP contribution in [-0.4, -0.2) is 80.9 Å². The smallest absolute Gasteiger partial charge is 0.416 e. The summed E-state index contributed by atoms with van der Waals surface area (Å²) in [4.78, 5) is 0. The van der Waals surface area contributed by atoms with E-state index < -0.39 is 68.5 Å². The zero-order valence-corrected chi connectivity index (χ0v) is 33.7. The zero-order valence-electron chi connectivity index (χ0n) is 25.4. The van der Waals surface area contributed by atoms with Crippen molar-refractivity contribution >= 4 is 68.5 Å². The Kier molecular flexibility index (Phi) is 14.1. The number of hydrogen-bond donors (Lipinski definition) is 0. The average Bonchev–Trinajstić information content (AvgIpc) is 2.50. The van der Waals surface area contributed by atoms with Gasteiger partial charge in [-0.2, -0.15) is 0 Å². The van der Waals surface area contributed by atoms with E-state index in [9.17, 15) is 0 Å². The lowest BCUT2D eigenvalue weighted by Gasteiger charge is -2.43. The molecule has 6 nitrogen and oxygen atoms in total. The molecule has 0 radical (unpaired) electrons. The van der Waals surface area contributed by atoms with E-state index in [0.29, 0.717) is 12.1 Å². The summed E-state index contributed by atoms with van der Waals surface area (Å²) in [5, 5.41) is 0. The molecule has 0 spiro atoms. The Morgan fingerprint density at radius 1 is 0.412 bits per heavy atom. The van der Waals surface area contributed by atoms with E-state index in [2.05, 4.69) is 105 Å². The van der Waals surface area contributed by atoms with Gasteiger partial charge in [-0.05, 0) is 78.6 Å². The standard InChI is InChI=1S/C20H58O6Si8/c1-27(2)19-21-33(23-29(5,6)7,24-30(8,9)10)17-18-34(22-20-28(3)4,25-31(11,12)13)26-32(14,15)16/h27-28H,17-20H2,1-16H3. The van der Waals surface area contributed by atoms with Gasteiger partial charge in [0.2, 0.25) is 0 Å². The van der Waals surface area contributed by atoms with Crippen molar-refractivity contribution in [2.45, 2.75) is 117 Å². The van der Waals surface area contributed by atoms with E-state index in [1.807, 2.05) is 0 Å². The maximum absolute atomic E-state index is 6.91. The predicted molar refractivity (Wildman–Crippen MR) is 169 cm³/mol. The van der Waals surface area contributed by atoms with Crippen molar-refractivity contribution in [3.63, 3.8) is 0 Å².